The van der Waals surface area contributed by atoms with Crippen LogP contribution in [0.5, 0.6) is 11.9 Å². The molecule has 1 aromatic heterocycles. The molecule has 0 radical (unpaired) electrons. The van der Waals surface area contributed by atoms with Crippen molar-refractivity contribution in [3.05, 3.63) is 48.7 Å². The van der Waals surface area contributed by atoms with Gasteiger partial charge in [0.15, 0.2) is 0 Å². The van der Waals surface area contributed by atoms with Gasteiger partial charge in [0.1, 0.15) is 5.69 Å². The van der Waals surface area contributed by atoms with E-state index in [2.05, 4.69) is 14.7 Å². The standard InChI is InChI=1S/C18H19N3O4S/c1-3-24-17-16(12-19-18(20-17)25-4-2)21-26(22,23)15-10-9-13-7-5-6-8-14(13)11-15/h5-12,21H,3-4H2,1-2H3. The zero-order valence-corrected chi connectivity index (χ0v) is 15.3. The maximum atomic E-state index is 12.8. The second kappa shape index (κ2) is 7.57. The van der Waals surface area contributed by atoms with Crippen LogP contribution in [-0.4, -0.2) is 31.6 Å². The highest BCUT2D eigenvalue weighted by Crippen LogP contribution is 2.27. The molecule has 136 valence electrons. The maximum absolute atomic E-state index is 12.8. The van der Waals surface area contributed by atoms with E-state index in [4.69, 9.17) is 9.47 Å². The van der Waals surface area contributed by atoms with E-state index in [0.717, 1.165) is 10.8 Å². The van der Waals surface area contributed by atoms with Gasteiger partial charge in [-0.1, -0.05) is 30.3 Å². The van der Waals surface area contributed by atoms with Crippen molar-refractivity contribution in [3.63, 3.8) is 0 Å². The molecule has 3 rings (SSSR count). The molecule has 0 aliphatic rings. The molecular formula is C18H19N3O4S. The Morgan fingerprint density at radius 2 is 1.73 bits per heavy atom. The van der Waals surface area contributed by atoms with E-state index in [-0.39, 0.29) is 22.5 Å². The monoisotopic (exact) mass is 373 g/mol. The van der Waals surface area contributed by atoms with Gasteiger partial charge in [0.05, 0.1) is 24.3 Å². The highest BCUT2D eigenvalue weighted by Gasteiger charge is 2.19. The zero-order valence-electron chi connectivity index (χ0n) is 14.5. The number of fused-ring (bicyclic) bond motifs is 1. The molecular weight excluding hydrogens is 354 g/mol. The number of nitrogens with zero attached hydrogens (tertiary/aromatic N) is 2. The molecule has 2 aromatic carbocycles. The van der Waals surface area contributed by atoms with E-state index in [9.17, 15) is 8.42 Å². The third-order valence-corrected chi connectivity index (χ3v) is 4.92. The molecule has 0 saturated heterocycles. The lowest BCUT2D eigenvalue weighted by Crippen LogP contribution is -2.15. The summed E-state index contributed by atoms with van der Waals surface area (Å²) in [5.41, 5.74) is 0.156. The first-order valence-corrected chi connectivity index (χ1v) is 9.66. The number of aromatic nitrogens is 2. The number of anilines is 1. The summed E-state index contributed by atoms with van der Waals surface area (Å²) in [7, 11) is -3.82. The first kappa shape index (κ1) is 17.9. The summed E-state index contributed by atoms with van der Waals surface area (Å²) >= 11 is 0. The summed E-state index contributed by atoms with van der Waals surface area (Å²) in [6, 6.07) is 12.6. The fourth-order valence-corrected chi connectivity index (χ4v) is 3.48. The summed E-state index contributed by atoms with van der Waals surface area (Å²) in [6.45, 7) is 4.31. The molecule has 0 bridgehead atoms. The minimum absolute atomic E-state index is 0.121. The lowest BCUT2D eigenvalue weighted by atomic mass is 10.1. The van der Waals surface area contributed by atoms with Crippen molar-refractivity contribution in [1.29, 1.82) is 0 Å². The number of nitrogens with one attached hydrogen (secondary N) is 1. The second-order valence-corrected chi connectivity index (χ2v) is 7.03. The summed E-state index contributed by atoms with van der Waals surface area (Å²) in [5.74, 6) is 0.121. The van der Waals surface area contributed by atoms with Crippen molar-refractivity contribution >= 4 is 26.5 Å². The predicted octanol–water partition coefficient (Wildman–Crippen LogP) is 3.23. The number of rotatable bonds is 7. The van der Waals surface area contributed by atoms with Crippen molar-refractivity contribution < 1.29 is 17.9 Å². The minimum atomic E-state index is -3.82. The molecule has 0 atom stereocenters. The Hall–Kier alpha value is -2.87. The second-order valence-electron chi connectivity index (χ2n) is 5.35. The van der Waals surface area contributed by atoms with Crippen LogP contribution >= 0.6 is 0 Å². The molecule has 1 N–H and O–H groups in total. The number of hydrogen-bond acceptors (Lipinski definition) is 6. The van der Waals surface area contributed by atoms with E-state index < -0.39 is 10.0 Å². The van der Waals surface area contributed by atoms with Gasteiger partial charge in [-0.15, -0.1) is 0 Å². The van der Waals surface area contributed by atoms with Crippen LogP contribution in [0.1, 0.15) is 13.8 Å². The van der Waals surface area contributed by atoms with Gasteiger partial charge in [0, 0.05) is 0 Å². The van der Waals surface area contributed by atoms with Crippen LogP contribution in [-0.2, 0) is 10.0 Å². The van der Waals surface area contributed by atoms with Crippen molar-refractivity contribution in [2.45, 2.75) is 18.7 Å². The Bertz CT molecular complexity index is 1020. The average molecular weight is 373 g/mol. The molecule has 3 aromatic rings. The van der Waals surface area contributed by atoms with E-state index >= 15 is 0 Å². The quantitative estimate of drug-likeness (QED) is 0.684. The summed E-state index contributed by atoms with van der Waals surface area (Å²) in [5, 5.41) is 1.80. The fraction of sp³-hybridized carbons (Fsp3) is 0.222. The minimum Gasteiger partial charge on any atom is -0.476 e. The van der Waals surface area contributed by atoms with Gasteiger partial charge in [-0.25, -0.2) is 13.4 Å². The molecule has 7 nitrogen and oxygen atoms in total. The highest BCUT2D eigenvalue weighted by molar-refractivity contribution is 7.92. The van der Waals surface area contributed by atoms with Crippen LogP contribution in [0.15, 0.2) is 53.6 Å². The van der Waals surface area contributed by atoms with E-state index in [0.29, 0.717) is 13.2 Å². The Morgan fingerprint density at radius 1 is 1.00 bits per heavy atom. The third-order valence-electron chi connectivity index (χ3n) is 3.56. The number of sulfonamides is 1. The summed E-state index contributed by atoms with van der Waals surface area (Å²) < 4.78 is 38.7. The van der Waals surface area contributed by atoms with Gasteiger partial charge >= 0.3 is 6.01 Å². The predicted molar refractivity (Wildman–Crippen MR) is 99.1 cm³/mol. The van der Waals surface area contributed by atoms with Crippen LogP contribution in [0.25, 0.3) is 10.8 Å². The van der Waals surface area contributed by atoms with Gasteiger partial charge in [0.2, 0.25) is 5.88 Å². The summed E-state index contributed by atoms with van der Waals surface area (Å²) in [6.07, 6.45) is 1.33. The van der Waals surface area contributed by atoms with E-state index in [1.165, 1.54) is 6.20 Å². The van der Waals surface area contributed by atoms with Gasteiger partial charge in [-0.05, 0) is 36.8 Å². The normalized spacial score (nSPS) is 11.3. The molecule has 0 aliphatic heterocycles. The first-order valence-electron chi connectivity index (χ1n) is 8.17. The van der Waals surface area contributed by atoms with Crippen molar-refractivity contribution in [2.24, 2.45) is 0 Å². The number of hydrogen-bond donors (Lipinski definition) is 1. The molecule has 8 heteroatoms. The molecule has 0 spiro atoms. The van der Waals surface area contributed by atoms with E-state index in [1.54, 1.807) is 32.0 Å². The maximum Gasteiger partial charge on any atom is 0.319 e. The van der Waals surface area contributed by atoms with Crippen molar-refractivity contribution in [2.75, 3.05) is 17.9 Å². The van der Waals surface area contributed by atoms with Crippen LogP contribution in [0.4, 0.5) is 5.69 Å². The molecule has 0 fully saturated rings. The average Bonchev–Trinajstić information content (AvgIpc) is 2.64. The van der Waals surface area contributed by atoms with Crippen LogP contribution in [0, 0.1) is 0 Å². The SMILES string of the molecule is CCOc1ncc(NS(=O)(=O)c2ccc3ccccc3c2)c(OCC)n1. The van der Waals surface area contributed by atoms with Crippen molar-refractivity contribution in [3.8, 4) is 11.9 Å². The number of ether oxygens (including phenoxy) is 2. The Morgan fingerprint density at radius 3 is 2.46 bits per heavy atom. The molecule has 0 aliphatic carbocycles. The Kier molecular flexibility index (Phi) is 5.22. The van der Waals surface area contributed by atoms with Gasteiger partial charge in [-0.2, -0.15) is 4.98 Å². The molecule has 26 heavy (non-hydrogen) atoms. The van der Waals surface area contributed by atoms with Gasteiger partial charge in [-0.3, -0.25) is 4.72 Å². The summed E-state index contributed by atoms with van der Waals surface area (Å²) in [4.78, 5) is 8.24. The topological polar surface area (TPSA) is 90.4 Å². The zero-order chi connectivity index (χ0) is 18.6. The van der Waals surface area contributed by atoms with Crippen LogP contribution in [0.2, 0.25) is 0 Å². The van der Waals surface area contributed by atoms with Crippen LogP contribution < -0.4 is 14.2 Å². The lowest BCUT2D eigenvalue weighted by molar-refractivity contribution is 0.290. The van der Waals surface area contributed by atoms with Crippen molar-refractivity contribution in [1.82, 2.24) is 9.97 Å². The Labute approximate surface area is 152 Å². The number of benzene rings is 2. The van der Waals surface area contributed by atoms with Gasteiger partial charge in [0.25, 0.3) is 10.0 Å². The van der Waals surface area contributed by atoms with E-state index in [1.807, 2.05) is 24.3 Å². The molecule has 0 saturated carbocycles. The molecule has 0 unspecified atom stereocenters. The highest BCUT2D eigenvalue weighted by atomic mass is 32.2. The van der Waals surface area contributed by atoms with Crippen LogP contribution in [0.3, 0.4) is 0 Å². The first-order chi connectivity index (χ1) is 12.5. The largest absolute Gasteiger partial charge is 0.476 e. The lowest BCUT2D eigenvalue weighted by Gasteiger charge is -2.13. The fourth-order valence-electron chi connectivity index (χ4n) is 2.40. The molecule has 0 amide bonds. The van der Waals surface area contributed by atoms with Gasteiger partial charge < -0.3 is 9.47 Å². The molecule has 1 heterocycles. The Balaban J connectivity index is 1.95. The smallest absolute Gasteiger partial charge is 0.319 e. The third kappa shape index (κ3) is 3.85.